The molecule has 112 valence electrons. The molecule has 0 aliphatic carbocycles. The van der Waals surface area contributed by atoms with Gasteiger partial charge < -0.3 is 5.32 Å². The highest BCUT2D eigenvalue weighted by atomic mass is 35.5. The van der Waals surface area contributed by atoms with E-state index in [9.17, 15) is 4.39 Å². The Bertz CT molecular complexity index is 585. The SMILES string of the molecule is CCC(CNC)(Cc1cc(F)ccc1Cl)c1ccccc1. The Morgan fingerprint density at radius 3 is 2.48 bits per heavy atom. The van der Waals surface area contributed by atoms with E-state index in [1.165, 1.54) is 11.6 Å². The number of likely N-dealkylation sites (N-methyl/N-ethyl adjacent to an activating group) is 1. The van der Waals surface area contributed by atoms with Crippen molar-refractivity contribution in [3.8, 4) is 0 Å². The Morgan fingerprint density at radius 2 is 1.86 bits per heavy atom. The standard InChI is InChI=1S/C18H21ClFN/c1-3-18(13-21-2,15-7-5-4-6-8-15)12-14-11-16(20)9-10-17(14)19/h4-11,21H,3,12-13H2,1-2H3. The summed E-state index contributed by atoms with van der Waals surface area (Å²) in [5, 5.41) is 3.90. The van der Waals surface area contributed by atoms with Crippen molar-refractivity contribution in [2.45, 2.75) is 25.2 Å². The second-order valence-corrected chi connectivity index (χ2v) is 5.85. The lowest BCUT2D eigenvalue weighted by molar-refractivity contribution is 0.390. The smallest absolute Gasteiger partial charge is 0.123 e. The monoisotopic (exact) mass is 305 g/mol. The van der Waals surface area contributed by atoms with Crippen LogP contribution in [0.25, 0.3) is 0 Å². The average molecular weight is 306 g/mol. The van der Waals surface area contributed by atoms with Gasteiger partial charge in [0.25, 0.3) is 0 Å². The molecule has 0 spiro atoms. The predicted molar refractivity (Wildman–Crippen MR) is 87.5 cm³/mol. The molecule has 1 unspecified atom stereocenters. The molecule has 1 nitrogen and oxygen atoms in total. The Morgan fingerprint density at radius 1 is 1.14 bits per heavy atom. The quantitative estimate of drug-likeness (QED) is 0.823. The second-order valence-electron chi connectivity index (χ2n) is 5.44. The fourth-order valence-corrected chi connectivity index (χ4v) is 3.08. The third-order valence-electron chi connectivity index (χ3n) is 4.11. The molecule has 0 aliphatic heterocycles. The normalized spacial score (nSPS) is 13.9. The molecule has 2 aromatic rings. The first-order chi connectivity index (χ1) is 10.1. The van der Waals surface area contributed by atoms with Crippen LogP contribution < -0.4 is 5.32 Å². The Kier molecular flexibility index (Phi) is 5.38. The lowest BCUT2D eigenvalue weighted by atomic mass is 9.73. The van der Waals surface area contributed by atoms with Gasteiger partial charge >= 0.3 is 0 Å². The zero-order valence-electron chi connectivity index (χ0n) is 12.5. The molecule has 0 saturated carbocycles. The summed E-state index contributed by atoms with van der Waals surface area (Å²) in [6, 6.07) is 15.0. The van der Waals surface area contributed by atoms with E-state index in [0.29, 0.717) is 11.4 Å². The molecule has 0 bridgehead atoms. The number of halogens is 2. The van der Waals surface area contributed by atoms with Crippen molar-refractivity contribution in [1.82, 2.24) is 5.32 Å². The molecular formula is C18H21ClFN. The minimum absolute atomic E-state index is 0.0898. The van der Waals surface area contributed by atoms with Crippen LogP contribution in [0, 0.1) is 5.82 Å². The first-order valence-electron chi connectivity index (χ1n) is 7.25. The molecule has 0 aromatic heterocycles. The van der Waals surface area contributed by atoms with E-state index < -0.39 is 0 Å². The third kappa shape index (κ3) is 3.63. The molecule has 0 aliphatic rings. The van der Waals surface area contributed by atoms with Crippen LogP contribution in [0.4, 0.5) is 4.39 Å². The molecule has 1 atom stereocenters. The average Bonchev–Trinajstić information content (AvgIpc) is 2.51. The summed E-state index contributed by atoms with van der Waals surface area (Å²) in [6.07, 6.45) is 1.66. The van der Waals surface area contributed by atoms with Gasteiger partial charge in [0.15, 0.2) is 0 Å². The fourth-order valence-electron chi connectivity index (χ4n) is 2.89. The van der Waals surface area contributed by atoms with Gasteiger partial charge in [-0.15, -0.1) is 0 Å². The van der Waals surface area contributed by atoms with Crippen LogP contribution in [-0.4, -0.2) is 13.6 Å². The highest BCUT2D eigenvalue weighted by Gasteiger charge is 2.30. The van der Waals surface area contributed by atoms with Gasteiger partial charge in [-0.05, 0) is 49.2 Å². The summed E-state index contributed by atoms with van der Waals surface area (Å²) in [5.74, 6) is -0.239. The van der Waals surface area contributed by atoms with Crippen LogP contribution >= 0.6 is 11.6 Å². The maximum Gasteiger partial charge on any atom is 0.123 e. The van der Waals surface area contributed by atoms with Crippen molar-refractivity contribution < 1.29 is 4.39 Å². The van der Waals surface area contributed by atoms with Crippen LogP contribution in [0.15, 0.2) is 48.5 Å². The van der Waals surface area contributed by atoms with Gasteiger partial charge in [-0.25, -0.2) is 4.39 Å². The number of rotatable bonds is 6. The molecule has 0 fully saturated rings. The zero-order valence-corrected chi connectivity index (χ0v) is 13.3. The van der Waals surface area contributed by atoms with E-state index in [1.54, 1.807) is 12.1 Å². The second kappa shape index (κ2) is 7.06. The lowest BCUT2D eigenvalue weighted by Gasteiger charge is -2.34. The largest absolute Gasteiger partial charge is 0.319 e. The summed E-state index contributed by atoms with van der Waals surface area (Å²) in [6.45, 7) is 2.98. The summed E-state index contributed by atoms with van der Waals surface area (Å²) >= 11 is 6.26. The van der Waals surface area contributed by atoms with E-state index in [2.05, 4.69) is 24.4 Å². The molecule has 2 rings (SSSR count). The van der Waals surface area contributed by atoms with Crippen molar-refractivity contribution in [3.63, 3.8) is 0 Å². The summed E-state index contributed by atoms with van der Waals surface area (Å²) in [7, 11) is 1.94. The first-order valence-corrected chi connectivity index (χ1v) is 7.63. The van der Waals surface area contributed by atoms with Crippen molar-refractivity contribution in [3.05, 3.63) is 70.5 Å². The molecule has 21 heavy (non-hydrogen) atoms. The third-order valence-corrected chi connectivity index (χ3v) is 4.48. The van der Waals surface area contributed by atoms with Crippen molar-refractivity contribution >= 4 is 11.6 Å². The molecule has 1 N–H and O–H groups in total. The van der Waals surface area contributed by atoms with Gasteiger partial charge in [-0.2, -0.15) is 0 Å². The van der Waals surface area contributed by atoms with Crippen LogP contribution in [0.5, 0.6) is 0 Å². The Hall–Kier alpha value is -1.38. The highest BCUT2D eigenvalue weighted by molar-refractivity contribution is 6.31. The topological polar surface area (TPSA) is 12.0 Å². The maximum absolute atomic E-state index is 13.5. The van der Waals surface area contributed by atoms with E-state index in [-0.39, 0.29) is 11.2 Å². The summed E-state index contributed by atoms with van der Waals surface area (Å²) < 4.78 is 13.5. The number of benzene rings is 2. The highest BCUT2D eigenvalue weighted by Crippen LogP contribution is 2.34. The minimum atomic E-state index is -0.239. The fraction of sp³-hybridized carbons (Fsp3) is 0.333. The molecule has 0 heterocycles. The number of hydrogen-bond acceptors (Lipinski definition) is 1. The van der Waals surface area contributed by atoms with Gasteiger partial charge in [-0.3, -0.25) is 0 Å². The summed E-state index contributed by atoms with van der Waals surface area (Å²) in [5.41, 5.74) is 2.02. The van der Waals surface area contributed by atoms with E-state index in [1.807, 2.05) is 25.2 Å². The molecule has 3 heteroatoms. The predicted octanol–water partition coefficient (Wildman–Crippen LogP) is 4.59. The lowest BCUT2D eigenvalue weighted by Crippen LogP contribution is -2.38. The van der Waals surface area contributed by atoms with E-state index >= 15 is 0 Å². The molecule has 2 aromatic carbocycles. The number of hydrogen-bond donors (Lipinski definition) is 1. The van der Waals surface area contributed by atoms with Gasteiger partial charge in [0.2, 0.25) is 0 Å². The van der Waals surface area contributed by atoms with Crippen molar-refractivity contribution in [2.24, 2.45) is 0 Å². The molecule has 0 amide bonds. The van der Waals surface area contributed by atoms with Gasteiger partial charge in [0.1, 0.15) is 5.82 Å². The van der Waals surface area contributed by atoms with Crippen LogP contribution in [0.1, 0.15) is 24.5 Å². The molecular weight excluding hydrogens is 285 g/mol. The maximum atomic E-state index is 13.5. The first kappa shape index (κ1) is 16.0. The van der Waals surface area contributed by atoms with Crippen LogP contribution in [0.2, 0.25) is 5.02 Å². The molecule has 0 radical (unpaired) electrons. The Balaban J connectivity index is 2.43. The molecule has 0 saturated heterocycles. The zero-order chi connectivity index (χ0) is 15.3. The minimum Gasteiger partial charge on any atom is -0.319 e. The van der Waals surface area contributed by atoms with Gasteiger partial charge in [0, 0.05) is 17.0 Å². The van der Waals surface area contributed by atoms with Gasteiger partial charge in [-0.1, -0.05) is 48.9 Å². The summed E-state index contributed by atoms with van der Waals surface area (Å²) in [4.78, 5) is 0. The van der Waals surface area contributed by atoms with Crippen molar-refractivity contribution in [2.75, 3.05) is 13.6 Å². The van der Waals surface area contributed by atoms with Crippen LogP contribution in [0.3, 0.4) is 0 Å². The van der Waals surface area contributed by atoms with E-state index in [4.69, 9.17) is 11.6 Å². The van der Waals surface area contributed by atoms with Crippen LogP contribution in [-0.2, 0) is 11.8 Å². The van der Waals surface area contributed by atoms with Crippen molar-refractivity contribution in [1.29, 1.82) is 0 Å². The van der Waals surface area contributed by atoms with E-state index in [0.717, 1.165) is 18.5 Å². The Labute approximate surface area is 131 Å². The number of nitrogens with one attached hydrogen (secondary N) is 1. The van der Waals surface area contributed by atoms with Gasteiger partial charge in [0.05, 0.1) is 0 Å².